The number of nitro groups is 1. The van der Waals surface area contributed by atoms with Crippen LogP contribution in [0.4, 0.5) is 5.69 Å². The molecule has 0 fully saturated rings. The van der Waals surface area contributed by atoms with E-state index in [0.29, 0.717) is 0 Å². The lowest BCUT2D eigenvalue weighted by atomic mass is 10.1. The van der Waals surface area contributed by atoms with Gasteiger partial charge in [-0.05, 0) is 28.3 Å². The standard InChI is InChI=1S/C13H8ClNO2/c14-13-10-4-2-1-3-9(10)12-7-8(15(16)17)5-6-11(12)13/h1-7,13H/t13-/m0/s1. The topological polar surface area (TPSA) is 43.1 Å². The molecule has 0 aliphatic heterocycles. The third-order valence-electron chi connectivity index (χ3n) is 3.04. The maximum Gasteiger partial charge on any atom is 0.270 e. The van der Waals surface area contributed by atoms with Gasteiger partial charge in [-0.25, -0.2) is 0 Å². The van der Waals surface area contributed by atoms with E-state index in [1.807, 2.05) is 24.3 Å². The molecule has 1 aliphatic carbocycles. The lowest BCUT2D eigenvalue weighted by molar-refractivity contribution is -0.384. The predicted octanol–water partition coefficient (Wildman–Crippen LogP) is 3.90. The van der Waals surface area contributed by atoms with Gasteiger partial charge in [0.2, 0.25) is 0 Å². The van der Waals surface area contributed by atoms with Gasteiger partial charge in [-0.2, -0.15) is 0 Å². The van der Waals surface area contributed by atoms with Crippen LogP contribution in [0.15, 0.2) is 42.5 Å². The van der Waals surface area contributed by atoms with Crippen LogP contribution in [0.25, 0.3) is 11.1 Å². The number of nitro benzene ring substituents is 1. The summed E-state index contributed by atoms with van der Waals surface area (Å²) in [7, 11) is 0. The summed E-state index contributed by atoms with van der Waals surface area (Å²) in [5.74, 6) is 0. The van der Waals surface area contributed by atoms with Crippen molar-refractivity contribution in [2.75, 3.05) is 0 Å². The van der Waals surface area contributed by atoms with Crippen LogP contribution in [0.1, 0.15) is 16.5 Å². The van der Waals surface area contributed by atoms with E-state index in [4.69, 9.17) is 11.6 Å². The Morgan fingerprint density at radius 2 is 1.76 bits per heavy atom. The number of rotatable bonds is 1. The Labute approximate surface area is 103 Å². The number of nitrogens with zero attached hydrogens (tertiary/aromatic N) is 1. The van der Waals surface area contributed by atoms with E-state index in [9.17, 15) is 10.1 Å². The van der Waals surface area contributed by atoms with Crippen LogP contribution in [-0.4, -0.2) is 4.92 Å². The number of benzene rings is 2. The zero-order valence-electron chi connectivity index (χ0n) is 8.76. The number of hydrogen-bond donors (Lipinski definition) is 0. The third kappa shape index (κ3) is 1.43. The van der Waals surface area contributed by atoms with Crippen molar-refractivity contribution in [2.45, 2.75) is 5.38 Å². The minimum absolute atomic E-state index is 0.101. The molecule has 2 aromatic carbocycles. The second-order valence-corrected chi connectivity index (χ2v) is 4.41. The summed E-state index contributed by atoms with van der Waals surface area (Å²) in [6.45, 7) is 0. The molecule has 0 bridgehead atoms. The molecule has 4 heteroatoms. The largest absolute Gasteiger partial charge is 0.270 e. The van der Waals surface area contributed by atoms with Crippen molar-refractivity contribution in [2.24, 2.45) is 0 Å². The first kappa shape index (κ1) is 10.3. The van der Waals surface area contributed by atoms with E-state index < -0.39 is 0 Å². The maximum absolute atomic E-state index is 10.8. The molecule has 3 nitrogen and oxygen atoms in total. The Bertz CT molecular complexity index is 625. The van der Waals surface area contributed by atoms with Crippen molar-refractivity contribution in [3.63, 3.8) is 0 Å². The SMILES string of the molecule is O=[N+]([O-])c1ccc2c(c1)-c1ccccc1[C@@H]2Cl. The first-order valence-corrected chi connectivity index (χ1v) is 5.64. The average Bonchev–Trinajstić information content (AvgIpc) is 2.64. The third-order valence-corrected chi connectivity index (χ3v) is 3.51. The van der Waals surface area contributed by atoms with E-state index in [2.05, 4.69) is 0 Å². The molecule has 1 aliphatic rings. The summed E-state index contributed by atoms with van der Waals surface area (Å²) in [5.41, 5.74) is 3.92. The summed E-state index contributed by atoms with van der Waals surface area (Å²) < 4.78 is 0. The van der Waals surface area contributed by atoms with Gasteiger partial charge in [0.15, 0.2) is 0 Å². The van der Waals surface area contributed by atoms with Crippen molar-refractivity contribution in [3.05, 3.63) is 63.7 Å². The van der Waals surface area contributed by atoms with Gasteiger partial charge in [0.1, 0.15) is 0 Å². The highest BCUT2D eigenvalue weighted by Gasteiger charge is 2.28. The quantitative estimate of drug-likeness (QED) is 0.434. The lowest BCUT2D eigenvalue weighted by Gasteiger charge is -2.02. The van der Waals surface area contributed by atoms with E-state index in [0.717, 1.165) is 22.3 Å². The highest BCUT2D eigenvalue weighted by molar-refractivity contribution is 6.24. The molecule has 0 radical (unpaired) electrons. The monoisotopic (exact) mass is 245 g/mol. The van der Waals surface area contributed by atoms with Crippen LogP contribution in [0.3, 0.4) is 0 Å². The van der Waals surface area contributed by atoms with Gasteiger partial charge < -0.3 is 0 Å². The molecular weight excluding hydrogens is 238 g/mol. The molecule has 0 amide bonds. The van der Waals surface area contributed by atoms with Crippen molar-refractivity contribution < 1.29 is 4.92 Å². The Hall–Kier alpha value is -1.87. The minimum Gasteiger partial charge on any atom is -0.258 e. The van der Waals surface area contributed by atoms with Crippen molar-refractivity contribution in [1.29, 1.82) is 0 Å². The van der Waals surface area contributed by atoms with Crippen LogP contribution < -0.4 is 0 Å². The van der Waals surface area contributed by atoms with Crippen molar-refractivity contribution in [1.82, 2.24) is 0 Å². The second-order valence-electron chi connectivity index (χ2n) is 3.98. The van der Waals surface area contributed by atoms with Crippen molar-refractivity contribution >= 4 is 17.3 Å². The number of alkyl halides is 1. The number of halogens is 1. The highest BCUT2D eigenvalue weighted by Crippen LogP contribution is 2.47. The molecule has 17 heavy (non-hydrogen) atoms. The van der Waals surface area contributed by atoms with E-state index in [-0.39, 0.29) is 16.0 Å². The first-order valence-electron chi connectivity index (χ1n) is 5.20. The van der Waals surface area contributed by atoms with Gasteiger partial charge >= 0.3 is 0 Å². The molecule has 3 rings (SSSR count). The van der Waals surface area contributed by atoms with Gasteiger partial charge in [0, 0.05) is 12.1 Å². The Morgan fingerprint density at radius 1 is 1.06 bits per heavy atom. The first-order chi connectivity index (χ1) is 8.18. The Morgan fingerprint density at radius 3 is 2.53 bits per heavy atom. The molecule has 0 unspecified atom stereocenters. The summed E-state index contributed by atoms with van der Waals surface area (Å²) in [5, 5.41) is 10.6. The molecule has 0 aromatic heterocycles. The van der Waals surface area contributed by atoms with Crippen LogP contribution in [-0.2, 0) is 0 Å². The van der Waals surface area contributed by atoms with Crippen LogP contribution >= 0.6 is 11.6 Å². The predicted molar refractivity (Wildman–Crippen MR) is 66.2 cm³/mol. The summed E-state index contributed by atoms with van der Waals surface area (Å²) in [4.78, 5) is 10.4. The summed E-state index contributed by atoms with van der Waals surface area (Å²) in [6.07, 6.45) is 0. The zero-order chi connectivity index (χ0) is 12.0. The van der Waals surface area contributed by atoms with Gasteiger partial charge in [-0.15, -0.1) is 11.6 Å². The number of non-ortho nitro benzene ring substituents is 1. The smallest absolute Gasteiger partial charge is 0.258 e. The van der Waals surface area contributed by atoms with Gasteiger partial charge in [-0.1, -0.05) is 24.3 Å². The molecule has 0 heterocycles. The van der Waals surface area contributed by atoms with E-state index in [1.54, 1.807) is 12.1 Å². The maximum atomic E-state index is 10.8. The highest BCUT2D eigenvalue weighted by atomic mass is 35.5. The molecule has 2 aromatic rings. The van der Waals surface area contributed by atoms with Gasteiger partial charge in [0.05, 0.1) is 10.3 Å². The Balaban J connectivity index is 2.27. The van der Waals surface area contributed by atoms with Crippen LogP contribution in [0.5, 0.6) is 0 Å². The molecular formula is C13H8ClNO2. The van der Waals surface area contributed by atoms with Gasteiger partial charge in [0.25, 0.3) is 5.69 Å². The fraction of sp³-hybridized carbons (Fsp3) is 0.0769. The molecule has 0 N–H and O–H groups in total. The fourth-order valence-electron chi connectivity index (χ4n) is 2.24. The van der Waals surface area contributed by atoms with Gasteiger partial charge in [-0.3, -0.25) is 10.1 Å². The van der Waals surface area contributed by atoms with Crippen molar-refractivity contribution in [3.8, 4) is 11.1 Å². The summed E-state index contributed by atoms with van der Waals surface area (Å²) in [6, 6.07) is 12.6. The number of hydrogen-bond acceptors (Lipinski definition) is 2. The molecule has 0 saturated carbocycles. The zero-order valence-corrected chi connectivity index (χ0v) is 9.52. The molecule has 0 spiro atoms. The Kier molecular flexibility index (Phi) is 2.16. The average molecular weight is 246 g/mol. The minimum atomic E-state index is -0.384. The fourth-order valence-corrected chi connectivity index (χ4v) is 2.62. The van der Waals surface area contributed by atoms with E-state index >= 15 is 0 Å². The normalized spacial score (nSPS) is 16.4. The molecule has 0 saturated heterocycles. The lowest BCUT2D eigenvalue weighted by Crippen LogP contribution is -1.90. The second kappa shape index (κ2) is 3.57. The van der Waals surface area contributed by atoms with E-state index in [1.165, 1.54) is 6.07 Å². The van der Waals surface area contributed by atoms with Crippen LogP contribution in [0, 0.1) is 10.1 Å². The molecule has 84 valence electrons. The number of fused-ring (bicyclic) bond motifs is 3. The summed E-state index contributed by atoms with van der Waals surface area (Å²) >= 11 is 6.34. The van der Waals surface area contributed by atoms with Crippen LogP contribution in [0.2, 0.25) is 0 Å². The molecule has 1 atom stereocenters.